The van der Waals surface area contributed by atoms with E-state index in [1.807, 2.05) is 0 Å². The van der Waals surface area contributed by atoms with Crippen molar-refractivity contribution in [3.05, 3.63) is 161 Å². The largest absolute Gasteiger partial charge is 0.310 e. The van der Waals surface area contributed by atoms with Crippen LogP contribution in [-0.2, 0) is 18.3 Å². The molecular weight excluding hydrogens is 603 g/mol. The maximum absolute atomic E-state index is 2.48. The molecule has 3 aliphatic rings. The highest BCUT2D eigenvalue weighted by Crippen LogP contribution is 2.53. The zero-order chi connectivity index (χ0) is 33.7. The van der Waals surface area contributed by atoms with E-state index in [1.54, 1.807) is 5.56 Å². The predicted octanol–water partition coefficient (Wildman–Crippen LogP) is 13.7. The van der Waals surface area contributed by atoms with Gasteiger partial charge >= 0.3 is 0 Å². The normalized spacial score (nSPS) is 16.4. The molecule has 0 N–H and O–H groups in total. The average molecular weight is 650 g/mol. The molecule has 1 heteroatoms. The minimum Gasteiger partial charge on any atom is -0.310 e. The van der Waals surface area contributed by atoms with Gasteiger partial charge < -0.3 is 4.90 Å². The van der Waals surface area contributed by atoms with E-state index in [9.17, 15) is 0 Å². The Bertz CT molecular complexity index is 2150. The summed E-state index contributed by atoms with van der Waals surface area (Å²) in [7, 11) is 0. The highest BCUT2D eigenvalue weighted by Gasteiger charge is 2.37. The fraction of sp³-hybridized carbons (Fsp3) is 0.265. The van der Waals surface area contributed by atoms with Gasteiger partial charge in [0.15, 0.2) is 0 Å². The second-order valence-electron chi connectivity index (χ2n) is 15.4. The van der Waals surface area contributed by atoms with Gasteiger partial charge in [0, 0.05) is 22.5 Å². The SMILES string of the molecule is CC1(C)c2cc(N(c3ccc(-c4cccc5c4CCCC5)cc3)c3ccc(C4CCCCC4)cc3)ccc2-c2c(-c3ccccc3)cccc21. The number of nitrogens with zero attached hydrogens (tertiary/aromatic N) is 1. The number of hydrogen-bond donors (Lipinski definition) is 0. The van der Waals surface area contributed by atoms with Crippen molar-refractivity contribution in [2.75, 3.05) is 4.90 Å². The zero-order valence-corrected chi connectivity index (χ0v) is 29.6. The molecule has 1 nitrogen and oxygen atoms in total. The highest BCUT2D eigenvalue weighted by atomic mass is 15.1. The number of anilines is 3. The van der Waals surface area contributed by atoms with Crippen molar-refractivity contribution in [3.63, 3.8) is 0 Å². The molecule has 6 aromatic carbocycles. The lowest BCUT2D eigenvalue weighted by Crippen LogP contribution is -2.16. The van der Waals surface area contributed by atoms with Crippen molar-refractivity contribution in [2.24, 2.45) is 0 Å². The lowest BCUT2D eigenvalue weighted by Gasteiger charge is -2.29. The highest BCUT2D eigenvalue weighted by molar-refractivity contribution is 5.94. The Morgan fingerprint density at radius 3 is 1.94 bits per heavy atom. The summed E-state index contributed by atoms with van der Waals surface area (Å²) >= 11 is 0. The van der Waals surface area contributed by atoms with Crippen LogP contribution >= 0.6 is 0 Å². The summed E-state index contributed by atoms with van der Waals surface area (Å²) in [6.07, 6.45) is 11.7. The number of benzene rings is 6. The van der Waals surface area contributed by atoms with Crippen LogP contribution in [0.4, 0.5) is 17.1 Å². The van der Waals surface area contributed by atoms with Crippen LogP contribution in [0.3, 0.4) is 0 Å². The quantitative estimate of drug-likeness (QED) is 0.174. The van der Waals surface area contributed by atoms with Gasteiger partial charge in [0.1, 0.15) is 0 Å². The summed E-state index contributed by atoms with van der Waals surface area (Å²) in [6.45, 7) is 4.80. The molecule has 0 aromatic heterocycles. The topological polar surface area (TPSA) is 3.24 Å². The Kier molecular flexibility index (Phi) is 7.96. The number of rotatable bonds is 6. The van der Waals surface area contributed by atoms with Crippen molar-refractivity contribution in [3.8, 4) is 33.4 Å². The maximum Gasteiger partial charge on any atom is 0.0465 e. The maximum atomic E-state index is 2.48. The Balaban J connectivity index is 1.14. The average Bonchev–Trinajstić information content (AvgIpc) is 3.41. The number of hydrogen-bond acceptors (Lipinski definition) is 1. The first-order valence-corrected chi connectivity index (χ1v) is 19.0. The van der Waals surface area contributed by atoms with Crippen LogP contribution in [0.5, 0.6) is 0 Å². The molecule has 0 bridgehead atoms. The molecule has 0 aliphatic heterocycles. The van der Waals surface area contributed by atoms with Gasteiger partial charge in [0.2, 0.25) is 0 Å². The smallest absolute Gasteiger partial charge is 0.0465 e. The fourth-order valence-electron chi connectivity index (χ4n) is 9.39. The molecular formula is C49H47N. The first-order valence-electron chi connectivity index (χ1n) is 19.0. The van der Waals surface area contributed by atoms with Gasteiger partial charge in [0.25, 0.3) is 0 Å². The summed E-state index contributed by atoms with van der Waals surface area (Å²) in [5, 5.41) is 0. The molecule has 3 aliphatic carbocycles. The molecule has 0 amide bonds. The first-order chi connectivity index (χ1) is 24.6. The minimum absolute atomic E-state index is 0.113. The Hall–Kier alpha value is -4.88. The van der Waals surface area contributed by atoms with E-state index in [-0.39, 0.29) is 5.41 Å². The van der Waals surface area contributed by atoms with E-state index in [1.165, 1.54) is 130 Å². The van der Waals surface area contributed by atoms with E-state index < -0.39 is 0 Å². The first kappa shape index (κ1) is 31.1. The fourth-order valence-corrected chi connectivity index (χ4v) is 9.39. The van der Waals surface area contributed by atoms with Crippen molar-refractivity contribution in [1.29, 1.82) is 0 Å². The van der Waals surface area contributed by atoms with Gasteiger partial charge in [-0.1, -0.05) is 130 Å². The van der Waals surface area contributed by atoms with Crippen LogP contribution in [0.15, 0.2) is 133 Å². The van der Waals surface area contributed by atoms with Gasteiger partial charge in [0.05, 0.1) is 0 Å². The summed E-state index contributed by atoms with van der Waals surface area (Å²) < 4.78 is 0. The molecule has 50 heavy (non-hydrogen) atoms. The van der Waals surface area contributed by atoms with E-state index >= 15 is 0 Å². The Morgan fingerprint density at radius 2 is 1.16 bits per heavy atom. The van der Waals surface area contributed by atoms with Crippen molar-refractivity contribution in [1.82, 2.24) is 0 Å². The van der Waals surface area contributed by atoms with Crippen LogP contribution in [-0.4, -0.2) is 0 Å². The monoisotopic (exact) mass is 649 g/mol. The summed E-state index contributed by atoms with van der Waals surface area (Å²) in [6, 6.07) is 50.8. The molecule has 0 heterocycles. The third-order valence-corrected chi connectivity index (χ3v) is 12.1. The molecule has 0 saturated heterocycles. The van der Waals surface area contributed by atoms with E-state index in [0.717, 1.165) is 0 Å². The molecule has 248 valence electrons. The van der Waals surface area contributed by atoms with Crippen LogP contribution in [0.2, 0.25) is 0 Å². The Labute approximate surface area is 298 Å². The molecule has 0 unspecified atom stereocenters. The minimum atomic E-state index is -0.113. The lowest BCUT2D eigenvalue weighted by atomic mass is 9.81. The molecule has 9 rings (SSSR count). The molecule has 0 spiro atoms. The lowest BCUT2D eigenvalue weighted by molar-refractivity contribution is 0.443. The summed E-state index contributed by atoms with van der Waals surface area (Å²) in [5.74, 6) is 0.695. The standard InChI is InChI=1S/C49H47N/c1-49(2)46-22-12-21-44(37-15-7-4-8-16-37)48(46)45-32-31-41(33-47(45)49)50(39-27-23-35(24-28-39)34-13-5-3-6-14-34)40-29-25-38(26-30-40)43-20-11-18-36-17-9-10-19-42(36)43/h4,7-8,11-12,15-16,18,20-34H,3,5-6,9-10,13-14,17,19H2,1-2H3. The van der Waals surface area contributed by atoms with Crippen molar-refractivity contribution < 1.29 is 0 Å². The summed E-state index contributed by atoms with van der Waals surface area (Å²) in [4.78, 5) is 2.48. The van der Waals surface area contributed by atoms with Gasteiger partial charge in [-0.25, -0.2) is 0 Å². The Morgan fingerprint density at radius 1 is 0.500 bits per heavy atom. The second kappa shape index (κ2) is 12.8. The van der Waals surface area contributed by atoms with E-state index in [4.69, 9.17) is 0 Å². The van der Waals surface area contributed by atoms with E-state index in [0.29, 0.717) is 5.92 Å². The summed E-state index contributed by atoms with van der Waals surface area (Å²) in [5.41, 5.74) is 18.9. The molecule has 1 fully saturated rings. The number of aryl methyl sites for hydroxylation is 1. The third kappa shape index (κ3) is 5.39. The van der Waals surface area contributed by atoms with Crippen LogP contribution in [0.1, 0.15) is 92.5 Å². The third-order valence-electron chi connectivity index (χ3n) is 12.1. The van der Waals surface area contributed by atoms with Crippen molar-refractivity contribution >= 4 is 17.1 Å². The van der Waals surface area contributed by atoms with Crippen molar-refractivity contribution in [2.45, 2.75) is 83.0 Å². The zero-order valence-electron chi connectivity index (χ0n) is 29.6. The van der Waals surface area contributed by atoms with Crippen LogP contribution in [0, 0.1) is 0 Å². The molecule has 6 aromatic rings. The van der Waals surface area contributed by atoms with Crippen LogP contribution < -0.4 is 4.90 Å². The molecule has 1 saturated carbocycles. The van der Waals surface area contributed by atoms with Gasteiger partial charge in [-0.15, -0.1) is 0 Å². The second-order valence-corrected chi connectivity index (χ2v) is 15.4. The van der Waals surface area contributed by atoms with Crippen LogP contribution in [0.25, 0.3) is 33.4 Å². The van der Waals surface area contributed by atoms with E-state index in [2.05, 4.69) is 152 Å². The van der Waals surface area contributed by atoms with Gasteiger partial charge in [-0.2, -0.15) is 0 Å². The molecule has 0 radical (unpaired) electrons. The number of fused-ring (bicyclic) bond motifs is 4. The van der Waals surface area contributed by atoms with Gasteiger partial charge in [-0.3, -0.25) is 0 Å². The molecule has 0 atom stereocenters. The van der Waals surface area contributed by atoms with Gasteiger partial charge in [-0.05, 0) is 142 Å². The predicted molar refractivity (Wildman–Crippen MR) is 212 cm³/mol.